The van der Waals surface area contributed by atoms with Crippen molar-refractivity contribution in [3.8, 4) is 0 Å². The van der Waals surface area contributed by atoms with E-state index in [-0.39, 0.29) is 5.56 Å². The van der Waals surface area contributed by atoms with Crippen LogP contribution in [0.1, 0.15) is 33.4 Å². The summed E-state index contributed by atoms with van der Waals surface area (Å²) in [5.41, 5.74) is 5.49. The van der Waals surface area contributed by atoms with Gasteiger partial charge in [0.2, 0.25) is 0 Å². The highest BCUT2D eigenvalue weighted by Gasteiger charge is 2.55. The van der Waals surface area contributed by atoms with Crippen molar-refractivity contribution in [1.82, 2.24) is 0 Å². The summed E-state index contributed by atoms with van der Waals surface area (Å²) in [6, 6.07) is 0. The third-order valence-electron chi connectivity index (χ3n) is 4.18. The average Bonchev–Trinajstić information content (AvgIpc) is 2.32. The van der Waals surface area contributed by atoms with E-state index in [9.17, 15) is 18.3 Å². The Labute approximate surface area is 111 Å². The van der Waals surface area contributed by atoms with Crippen LogP contribution < -0.4 is 5.73 Å². The Morgan fingerprint density at radius 3 is 1.42 bits per heavy atom. The Balaban J connectivity index is 3.78. The van der Waals surface area contributed by atoms with E-state index in [2.05, 4.69) is 0 Å². The number of halogens is 3. The fourth-order valence-electron chi connectivity index (χ4n) is 2.48. The molecule has 0 aliphatic carbocycles. The molecule has 1 aromatic carbocycles. The molecule has 0 saturated carbocycles. The predicted octanol–water partition coefficient (Wildman–Crippen LogP) is 2.94. The van der Waals surface area contributed by atoms with Crippen LogP contribution in [0.5, 0.6) is 0 Å². The first-order valence-corrected chi connectivity index (χ1v) is 6.05. The summed E-state index contributed by atoms with van der Waals surface area (Å²) in [5.74, 6) is 0. The lowest BCUT2D eigenvalue weighted by molar-refractivity contribution is -0.262. The van der Waals surface area contributed by atoms with Crippen molar-refractivity contribution in [3.05, 3.63) is 33.4 Å². The lowest BCUT2D eigenvalue weighted by Crippen LogP contribution is -2.49. The van der Waals surface area contributed by atoms with E-state index in [1.165, 1.54) is 0 Å². The summed E-state index contributed by atoms with van der Waals surface area (Å²) in [5, 5.41) is 10.1. The second-order valence-electron chi connectivity index (χ2n) is 5.06. The third kappa shape index (κ3) is 2.25. The van der Waals surface area contributed by atoms with Crippen molar-refractivity contribution in [1.29, 1.82) is 0 Å². The number of hydrogen-bond donors (Lipinski definition) is 2. The summed E-state index contributed by atoms with van der Waals surface area (Å²) in [6.45, 7) is 7.68. The van der Waals surface area contributed by atoms with Gasteiger partial charge in [0.15, 0.2) is 5.60 Å². The summed E-state index contributed by atoms with van der Waals surface area (Å²) < 4.78 is 39.6. The topological polar surface area (TPSA) is 46.2 Å². The van der Waals surface area contributed by atoms with Crippen LogP contribution in [0.2, 0.25) is 0 Å². The molecule has 3 N–H and O–H groups in total. The fraction of sp³-hybridized carbons (Fsp3) is 0.571. The normalized spacial score (nSPS) is 15.5. The maximum Gasteiger partial charge on any atom is 0.422 e. The molecule has 0 saturated heterocycles. The van der Waals surface area contributed by atoms with Gasteiger partial charge in [-0.3, -0.25) is 0 Å². The van der Waals surface area contributed by atoms with E-state index in [1.807, 2.05) is 6.92 Å². The van der Waals surface area contributed by atoms with E-state index in [4.69, 9.17) is 5.73 Å². The highest BCUT2D eigenvalue weighted by Crippen LogP contribution is 2.43. The highest BCUT2D eigenvalue weighted by atomic mass is 19.4. The van der Waals surface area contributed by atoms with Crippen molar-refractivity contribution < 1.29 is 18.3 Å². The molecule has 5 heteroatoms. The molecule has 1 aromatic rings. The van der Waals surface area contributed by atoms with Crippen LogP contribution in [0, 0.1) is 34.6 Å². The first kappa shape index (κ1) is 16.0. The smallest absolute Gasteiger partial charge is 0.375 e. The van der Waals surface area contributed by atoms with Gasteiger partial charge in [-0.25, -0.2) is 0 Å². The number of nitrogens with two attached hydrogens (primary N) is 1. The molecule has 1 unspecified atom stereocenters. The minimum Gasteiger partial charge on any atom is -0.375 e. The van der Waals surface area contributed by atoms with Crippen molar-refractivity contribution in [2.45, 2.75) is 46.4 Å². The van der Waals surface area contributed by atoms with Crippen LogP contribution in [0.25, 0.3) is 0 Å². The zero-order valence-electron chi connectivity index (χ0n) is 11.9. The average molecular weight is 275 g/mol. The van der Waals surface area contributed by atoms with Gasteiger partial charge in [0.05, 0.1) is 0 Å². The van der Waals surface area contributed by atoms with Gasteiger partial charge in [0.1, 0.15) is 0 Å². The fourth-order valence-corrected chi connectivity index (χ4v) is 2.48. The monoisotopic (exact) mass is 275 g/mol. The van der Waals surface area contributed by atoms with Gasteiger partial charge < -0.3 is 10.8 Å². The molecule has 108 valence electrons. The molecule has 0 spiro atoms. The van der Waals surface area contributed by atoms with Crippen LogP contribution in [0.4, 0.5) is 13.2 Å². The molecule has 0 aliphatic heterocycles. The van der Waals surface area contributed by atoms with E-state index >= 15 is 0 Å². The highest BCUT2D eigenvalue weighted by molar-refractivity contribution is 5.52. The second-order valence-corrected chi connectivity index (χ2v) is 5.06. The Hall–Kier alpha value is -1.07. The Bertz CT molecular complexity index is 479. The van der Waals surface area contributed by atoms with Gasteiger partial charge in [-0.05, 0) is 62.4 Å². The Kier molecular flexibility index (Phi) is 4.04. The molecule has 0 heterocycles. The van der Waals surface area contributed by atoms with Crippen LogP contribution in [0.3, 0.4) is 0 Å². The minimum absolute atomic E-state index is 0.108. The summed E-state index contributed by atoms with van der Waals surface area (Å²) >= 11 is 0. The summed E-state index contributed by atoms with van der Waals surface area (Å²) in [4.78, 5) is 0. The van der Waals surface area contributed by atoms with E-state index in [1.54, 1.807) is 27.7 Å². The van der Waals surface area contributed by atoms with Crippen molar-refractivity contribution in [2.75, 3.05) is 6.54 Å². The molecule has 0 radical (unpaired) electrons. The van der Waals surface area contributed by atoms with E-state index < -0.39 is 18.3 Å². The number of benzene rings is 1. The SMILES string of the molecule is Cc1c(C)c(C)c(C(O)(CN)C(F)(F)F)c(C)c1C. The maximum absolute atomic E-state index is 13.2. The molecule has 1 atom stereocenters. The molecular weight excluding hydrogens is 255 g/mol. The molecule has 19 heavy (non-hydrogen) atoms. The number of hydrogen-bond acceptors (Lipinski definition) is 2. The van der Waals surface area contributed by atoms with Gasteiger partial charge in [-0.15, -0.1) is 0 Å². The molecule has 0 bridgehead atoms. The van der Waals surface area contributed by atoms with Gasteiger partial charge in [0.25, 0.3) is 0 Å². The first-order valence-electron chi connectivity index (χ1n) is 6.05. The quantitative estimate of drug-likeness (QED) is 0.871. The number of alkyl halides is 3. The van der Waals surface area contributed by atoms with Crippen molar-refractivity contribution in [3.63, 3.8) is 0 Å². The minimum atomic E-state index is -4.80. The molecule has 1 rings (SSSR count). The molecule has 2 nitrogen and oxygen atoms in total. The molecule has 0 aliphatic rings. The van der Waals surface area contributed by atoms with Gasteiger partial charge >= 0.3 is 6.18 Å². The zero-order chi connectivity index (χ0) is 15.2. The van der Waals surface area contributed by atoms with Crippen molar-refractivity contribution >= 4 is 0 Å². The lowest BCUT2D eigenvalue weighted by atomic mass is 9.80. The molecule has 0 amide bonds. The molecule has 0 fully saturated rings. The second kappa shape index (κ2) is 4.80. The van der Waals surface area contributed by atoms with Gasteiger partial charge in [0, 0.05) is 12.1 Å². The largest absolute Gasteiger partial charge is 0.422 e. The Morgan fingerprint density at radius 1 is 0.842 bits per heavy atom. The third-order valence-corrected chi connectivity index (χ3v) is 4.18. The van der Waals surface area contributed by atoms with Crippen LogP contribution in [-0.4, -0.2) is 17.8 Å². The van der Waals surface area contributed by atoms with Gasteiger partial charge in [-0.1, -0.05) is 0 Å². The predicted molar refractivity (Wildman–Crippen MR) is 69.1 cm³/mol. The molecular formula is C14H20F3NO. The van der Waals surface area contributed by atoms with Gasteiger partial charge in [-0.2, -0.15) is 13.2 Å². The van der Waals surface area contributed by atoms with E-state index in [0.717, 1.165) is 16.7 Å². The summed E-state index contributed by atoms with van der Waals surface area (Å²) in [6.07, 6.45) is -4.80. The van der Waals surface area contributed by atoms with Crippen LogP contribution >= 0.6 is 0 Å². The maximum atomic E-state index is 13.2. The van der Waals surface area contributed by atoms with E-state index in [0.29, 0.717) is 11.1 Å². The summed E-state index contributed by atoms with van der Waals surface area (Å²) in [7, 11) is 0. The number of aliphatic hydroxyl groups is 1. The van der Waals surface area contributed by atoms with Crippen LogP contribution in [0.15, 0.2) is 0 Å². The standard InChI is InChI=1S/C14H20F3NO/c1-7-8(2)10(4)12(11(5)9(7)3)13(19,6-18)14(15,16)17/h19H,6,18H2,1-5H3. The Morgan fingerprint density at radius 2 is 1.16 bits per heavy atom. The molecule has 0 aromatic heterocycles. The number of rotatable bonds is 2. The zero-order valence-corrected chi connectivity index (χ0v) is 11.9. The van der Waals surface area contributed by atoms with Crippen LogP contribution in [-0.2, 0) is 5.60 Å². The lowest BCUT2D eigenvalue weighted by Gasteiger charge is -2.34. The van der Waals surface area contributed by atoms with Crippen molar-refractivity contribution in [2.24, 2.45) is 5.73 Å². The first-order chi connectivity index (χ1) is 8.49.